The van der Waals surface area contributed by atoms with Gasteiger partial charge in [0.2, 0.25) is 11.6 Å². The summed E-state index contributed by atoms with van der Waals surface area (Å²) >= 11 is 0. The quantitative estimate of drug-likeness (QED) is 0.404. The fraction of sp³-hybridized carbons (Fsp3) is 0.667. The van der Waals surface area contributed by atoms with Crippen molar-refractivity contribution in [2.75, 3.05) is 13.2 Å². The first-order chi connectivity index (χ1) is 8.45. The Kier molecular flexibility index (Phi) is 4.58. The second-order valence-corrected chi connectivity index (χ2v) is 4.05. The van der Waals surface area contributed by atoms with E-state index < -0.39 is 41.3 Å². The van der Waals surface area contributed by atoms with E-state index in [0.29, 0.717) is 0 Å². The molecule has 0 aromatic carbocycles. The molecule has 1 rings (SSSR count). The summed E-state index contributed by atoms with van der Waals surface area (Å²) in [6.45, 7) is 4.95. The molecule has 2 atom stereocenters. The standard InChI is InChI=1S/C12H16O6/c1-4-17-11(15)7-6(3)8(10(14)9(7)13)12(16)18-5-2/h6-8H,4-5H2,1-3H3/t7-,8-/m1/s1. The van der Waals surface area contributed by atoms with E-state index in [-0.39, 0.29) is 13.2 Å². The summed E-state index contributed by atoms with van der Waals surface area (Å²) in [5.74, 6) is -6.33. The lowest BCUT2D eigenvalue weighted by molar-refractivity contribution is -0.153. The lowest BCUT2D eigenvalue weighted by Crippen LogP contribution is -2.29. The summed E-state index contributed by atoms with van der Waals surface area (Å²) in [5.41, 5.74) is 0. The molecule has 0 radical (unpaired) electrons. The van der Waals surface area contributed by atoms with Gasteiger partial charge >= 0.3 is 11.9 Å². The van der Waals surface area contributed by atoms with Crippen LogP contribution in [0.1, 0.15) is 20.8 Å². The second-order valence-electron chi connectivity index (χ2n) is 4.05. The summed E-state index contributed by atoms with van der Waals surface area (Å²) in [4.78, 5) is 46.6. The second kappa shape index (κ2) is 5.75. The third kappa shape index (κ3) is 2.42. The monoisotopic (exact) mass is 256 g/mol. The van der Waals surface area contributed by atoms with Crippen molar-refractivity contribution in [3.8, 4) is 0 Å². The van der Waals surface area contributed by atoms with Crippen LogP contribution in [0.15, 0.2) is 0 Å². The molecule has 0 aliphatic heterocycles. The molecule has 0 bridgehead atoms. The van der Waals surface area contributed by atoms with Crippen LogP contribution < -0.4 is 0 Å². The zero-order valence-electron chi connectivity index (χ0n) is 10.6. The highest BCUT2D eigenvalue weighted by atomic mass is 16.5. The maximum Gasteiger partial charge on any atom is 0.317 e. The fourth-order valence-corrected chi connectivity index (χ4v) is 2.08. The van der Waals surface area contributed by atoms with Crippen molar-refractivity contribution in [3.63, 3.8) is 0 Å². The smallest absolute Gasteiger partial charge is 0.317 e. The average Bonchev–Trinajstić information content (AvgIpc) is 2.51. The van der Waals surface area contributed by atoms with Gasteiger partial charge in [-0.1, -0.05) is 6.92 Å². The Hall–Kier alpha value is -1.72. The van der Waals surface area contributed by atoms with Gasteiger partial charge in [0.1, 0.15) is 11.8 Å². The lowest BCUT2D eigenvalue weighted by atomic mass is 9.91. The molecule has 0 aromatic heterocycles. The first-order valence-electron chi connectivity index (χ1n) is 5.87. The summed E-state index contributed by atoms with van der Waals surface area (Å²) < 4.78 is 9.48. The van der Waals surface area contributed by atoms with Crippen molar-refractivity contribution in [2.24, 2.45) is 17.8 Å². The van der Waals surface area contributed by atoms with Crippen LogP contribution in [0.5, 0.6) is 0 Å². The highest BCUT2D eigenvalue weighted by molar-refractivity contribution is 6.47. The first kappa shape index (κ1) is 14.3. The number of esters is 2. The Bertz CT molecular complexity index is 350. The fourth-order valence-electron chi connectivity index (χ4n) is 2.08. The number of rotatable bonds is 4. The van der Waals surface area contributed by atoms with E-state index in [1.807, 2.05) is 0 Å². The lowest BCUT2D eigenvalue weighted by Gasteiger charge is -2.15. The van der Waals surface area contributed by atoms with Crippen LogP contribution in [0.3, 0.4) is 0 Å². The highest BCUT2D eigenvalue weighted by Crippen LogP contribution is 2.33. The molecule has 0 saturated heterocycles. The Morgan fingerprint density at radius 2 is 1.28 bits per heavy atom. The summed E-state index contributed by atoms with van der Waals surface area (Å²) in [6, 6.07) is 0. The van der Waals surface area contributed by atoms with E-state index in [9.17, 15) is 19.2 Å². The molecule has 18 heavy (non-hydrogen) atoms. The number of Topliss-reactive ketones (excluding diaryl/α,β-unsaturated/α-hetero) is 2. The van der Waals surface area contributed by atoms with Gasteiger partial charge in [-0.3, -0.25) is 19.2 Å². The third-order valence-corrected chi connectivity index (χ3v) is 2.94. The van der Waals surface area contributed by atoms with Crippen LogP contribution in [-0.4, -0.2) is 36.7 Å². The molecule has 1 aliphatic rings. The predicted octanol–water partition coefficient (Wildman–Crippen LogP) is 0.133. The predicted molar refractivity (Wildman–Crippen MR) is 59.4 cm³/mol. The van der Waals surface area contributed by atoms with E-state index in [1.165, 1.54) is 6.92 Å². The van der Waals surface area contributed by atoms with Crippen LogP contribution in [0.4, 0.5) is 0 Å². The maximum atomic E-state index is 11.7. The number of ketones is 2. The Balaban J connectivity index is 2.93. The van der Waals surface area contributed by atoms with Crippen molar-refractivity contribution < 1.29 is 28.7 Å². The molecule has 0 spiro atoms. The molecule has 6 nitrogen and oxygen atoms in total. The molecule has 0 amide bonds. The van der Waals surface area contributed by atoms with E-state index in [0.717, 1.165) is 0 Å². The summed E-state index contributed by atoms with van der Waals surface area (Å²) in [6.07, 6.45) is 0. The molecular formula is C12H16O6. The zero-order chi connectivity index (χ0) is 13.9. The topological polar surface area (TPSA) is 86.7 Å². The molecule has 6 heteroatoms. The van der Waals surface area contributed by atoms with Crippen molar-refractivity contribution in [3.05, 3.63) is 0 Å². The maximum absolute atomic E-state index is 11.7. The van der Waals surface area contributed by atoms with Gasteiger partial charge in [0.15, 0.2) is 0 Å². The summed E-state index contributed by atoms with van der Waals surface area (Å²) in [7, 11) is 0. The van der Waals surface area contributed by atoms with Gasteiger partial charge in [-0.15, -0.1) is 0 Å². The summed E-state index contributed by atoms with van der Waals surface area (Å²) in [5, 5.41) is 0. The van der Waals surface area contributed by atoms with Crippen LogP contribution >= 0.6 is 0 Å². The van der Waals surface area contributed by atoms with Crippen molar-refractivity contribution in [2.45, 2.75) is 20.8 Å². The minimum Gasteiger partial charge on any atom is -0.465 e. The number of ether oxygens (including phenoxy) is 2. The van der Waals surface area contributed by atoms with E-state index >= 15 is 0 Å². The number of hydrogen-bond acceptors (Lipinski definition) is 6. The number of carbonyl (C=O) groups is 4. The molecule has 1 saturated carbocycles. The van der Waals surface area contributed by atoms with Crippen molar-refractivity contribution >= 4 is 23.5 Å². The molecular weight excluding hydrogens is 240 g/mol. The first-order valence-corrected chi connectivity index (χ1v) is 5.87. The molecule has 0 unspecified atom stereocenters. The van der Waals surface area contributed by atoms with Gasteiger partial charge in [0, 0.05) is 0 Å². The SMILES string of the molecule is CCOC(=O)[C@H]1C(=O)C(=O)[C@H](C(=O)OCC)C1C. The minimum absolute atomic E-state index is 0.119. The molecule has 1 aliphatic carbocycles. The highest BCUT2D eigenvalue weighted by Gasteiger charge is 2.54. The van der Waals surface area contributed by atoms with Crippen LogP contribution in [-0.2, 0) is 28.7 Å². The van der Waals surface area contributed by atoms with E-state index in [1.54, 1.807) is 13.8 Å². The zero-order valence-corrected chi connectivity index (χ0v) is 10.6. The average molecular weight is 256 g/mol. The Labute approximate surface area is 105 Å². The minimum atomic E-state index is -1.19. The van der Waals surface area contributed by atoms with Gasteiger partial charge in [0.05, 0.1) is 13.2 Å². The number of carbonyl (C=O) groups excluding carboxylic acids is 4. The van der Waals surface area contributed by atoms with Gasteiger partial charge in [-0.2, -0.15) is 0 Å². The molecule has 1 fully saturated rings. The van der Waals surface area contributed by atoms with E-state index in [2.05, 4.69) is 0 Å². The van der Waals surface area contributed by atoms with Gasteiger partial charge in [0.25, 0.3) is 0 Å². The van der Waals surface area contributed by atoms with Gasteiger partial charge in [-0.25, -0.2) is 0 Å². The van der Waals surface area contributed by atoms with Crippen molar-refractivity contribution in [1.29, 1.82) is 0 Å². The normalized spacial score (nSPS) is 24.2. The molecule has 0 aromatic rings. The van der Waals surface area contributed by atoms with E-state index in [4.69, 9.17) is 9.47 Å². The third-order valence-electron chi connectivity index (χ3n) is 2.94. The van der Waals surface area contributed by atoms with Gasteiger partial charge in [-0.05, 0) is 19.8 Å². The van der Waals surface area contributed by atoms with Crippen LogP contribution in [0.25, 0.3) is 0 Å². The largest absolute Gasteiger partial charge is 0.465 e. The van der Waals surface area contributed by atoms with Crippen LogP contribution in [0.2, 0.25) is 0 Å². The molecule has 100 valence electrons. The number of hydrogen-bond donors (Lipinski definition) is 0. The van der Waals surface area contributed by atoms with Crippen LogP contribution in [0, 0.1) is 17.8 Å². The Morgan fingerprint density at radius 1 is 0.944 bits per heavy atom. The van der Waals surface area contributed by atoms with Crippen molar-refractivity contribution in [1.82, 2.24) is 0 Å². The van der Waals surface area contributed by atoms with Gasteiger partial charge < -0.3 is 9.47 Å². The Morgan fingerprint density at radius 3 is 1.56 bits per heavy atom. The molecule has 0 N–H and O–H groups in total. The molecule has 0 heterocycles.